The van der Waals surface area contributed by atoms with Gasteiger partial charge in [0, 0.05) is 60.9 Å². The van der Waals surface area contributed by atoms with Crippen LogP contribution in [0.2, 0.25) is 0 Å². The number of nitrogens with zero attached hydrogens (tertiary/aromatic N) is 5. The minimum atomic E-state index is -4.74. The van der Waals surface area contributed by atoms with Crippen molar-refractivity contribution in [2.24, 2.45) is 4.36 Å². The third-order valence-corrected chi connectivity index (χ3v) is 7.68. The summed E-state index contributed by atoms with van der Waals surface area (Å²) in [6, 6.07) is 5.53. The Balaban J connectivity index is 1.67. The molecular formula is C23H20F4N6O2S. The minimum Gasteiger partial charge on any atom is -0.493 e. The van der Waals surface area contributed by atoms with E-state index in [1.54, 1.807) is 6.07 Å². The average molecular weight is 521 g/mol. The first-order valence-electron chi connectivity index (χ1n) is 10.8. The number of ether oxygens (including phenoxy) is 1. The topological polar surface area (TPSA) is 93.8 Å². The molecule has 1 aliphatic heterocycles. The fourth-order valence-electron chi connectivity index (χ4n) is 4.20. The molecule has 1 unspecified atom stereocenters. The van der Waals surface area contributed by atoms with Crippen molar-refractivity contribution in [1.29, 1.82) is 0 Å². The Morgan fingerprint density at radius 3 is 2.75 bits per heavy atom. The number of aromatic nitrogens is 4. The van der Waals surface area contributed by atoms with Gasteiger partial charge in [0.1, 0.15) is 17.9 Å². The van der Waals surface area contributed by atoms with Gasteiger partial charge in [-0.25, -0.2) is 22.9 Å². The van der Waals surface area contributed by atoms with Crippen molar-refractivity contribution in [3.8, 4) is 16.9 Å². The van der Waals surface area contributed by atoms with Gasteiger partial charge in [-0.05, 0) is 18.2 Å². The Labute approximate surface area is 203 Å². The lowest BCUT2D eigenvalue weighted by atomic mass is 10.0. The van der Waals surface area contributed by atoms with E-state index in [1.165, 1.54) is 48.4 Å². The van der Waals surface area contributed by atoms with E-state index in [4.69, 9.17) is 4.74 Å². The van der Waals surface area contributed by atoms with E-state index < -0.39 is 27.4 Å². The standard InChI is InChI=1S/C23H20F4N6O2S/c1-28-36(2,34)21-19-16(14-4-3-8-29-20(14)23(25,26)27)11-31-22(33(19)12-32-21)30-10-15-13-7-9-35-18(13)6-5-17(15)24/h3-6,8,11-12H,7,9-10H2,1-2H3,(H,30,31). The van der Waals surface area contributed by atoms with Crippen LogP contribution in [0.25, 0.3) is 16.6 Å². The maximum Gasteiger partial charge on any atom is 0.433 e. The fraction of sp³-hybridized carbons (Fsp3) is 0.261. The second-order valence-corrected chi connectivity index (χ2v) is 10.5. The Morgan fingerprint density at radius 1 is 1.19 bits per heavy atom. The van der Waals surface area contributed by atoms with Crippen LogP contribution in [0.15, 0.2) is 52.4 Å². The zero-order chi connectivity index (χ0) is 25.7. The summed E-state index contributed by atoms with van der Waals surface area (Å²) in [7, 11) is -1.70. The van der Waals surface area contributed by atoms with Crippen molar-refractivity contribution >= 4 is 21.2 Å². The smallest absolute Gasteiger partial charge is 0.433 e. The number of halogens is 4. The van der Waals surface area contributed by atoms with Gasteiger partial charge in [-0.3, -0.25) is 9.38 Å². The van der Waals surface area contributed by atoms with Crippen molar-refractivity contribution in [2.45, 2.75) is 24.2 Å². The number of hydrogen-bond acceptors (Lipinski definition) is 7. The molecule has 0 bridgehead atoms. The Kier molecular flexibility index (Phi) is 5.81. The Hall–Kier alpha value is -3.74. The SMILES string of the molecule is CN=S(C)(=O)c1ncn2c(NCc3c(F)ccc4c3CCO4)ncc(-c3cccnc3C(F)(F)F)c12. The van der Waals surface area contributed by atoms with Crippen LogP contribution in [0.4, 0.5) is 23.5 Å². The lowest BCUT2D eigenvalue weighted by Crippen LogP contribution is -2.12. The maximum absolute atomic E-state index is 14.6. The third-order valence-electron chi connectivity index (χ3n) is 5.97. The number of imidazole rings is 1. The van der Waals surface area contributed by atoms with Gasteiger partial charge in [0.25, 0.3) is 0 Å². The monoisotopic (exact) mass is 520 g/mol. The summed E-state index contributed by atoms with van der Waals surface area (Å²) in [5.41, 5.74) is -0.0455. The molecule has 4 heterocycles. The van der Waals surface area contributed by atoms with E-state index >= 15 is 0 Å². The zero-order valence-corrected chi connectivity index (χ0v) is 20.0. The van der Waals surface area contributed by atoms with E-state index in [0.717, 1.165) is 11.8 Å². The Morgan fingerprint density at radius 2 is 2.00 bits per heavy atom. The van der Waals surface area contributed by atoms with Gasteiger partial charge in [0.2, 0.25) is 5.95 Å². The molecule has 0 saturated carbocycles. The largest absolute Gasteiger partial charge is 0.493 e. The van der Waals surface area contributed by atoms with Crippen LogP contribution >= 0.6 is 0 Å². The molecule has 188 valence electrons. The molecule has 0 aliphatic carbocycles. The van der Waals surface area contributed by atoms with E-state index in [9.17, 15) is 21.8 Å². The lowest BCUT2D eigenvalue weighted by Gasteiger charge is -2.16. The third kappa shape index (κ3) is 4.02. The molecule has 1 aromatic carbocycles. The molecule has 5 rings (SSSR count). The minimum absolute atomic E-state index is 0.00242. The fourth-order valence-corrected chi connectivity index (χ4v) is 5.18. The normalized spacial score (nSPS) is 14.8. The summed E-state index contributed by atoms with van der Waals surface area (Å²) in [6.45, 7) is 0.486. The van der Waals surface area contributed by atoms with Crippen LogP contribution < -0.4 is 10.1 Å². The molecule has 1 atom stereocenters. The zero-order valence-electron chi connectivity index (χ0n) is 19.1. The number of pyridine rings is 1. The van der Waals surface area contributed by atoms with Gasteiger partial charge in [0.05, 0.1) is 21.9 Å². The molecule has 3 aromatic heterocycles. The second kappa shape index (κ2) is 8.73. The highest BCUT2D eigenvalue weighted by Gasteiger charge is 2.36. The first-order chi connectivity index (χ1) is 17.1. The number of alkyl halides is 3. The number of nitrogens with one attached hydrogen (secondary N) is 1. The van der Waals surface area contributed by atoms with Crippen LogP contribution in [-0.4, -0.2) is 43.5 Å². The Bertz CT molecular complexity index is 1610. The molecule has 0 spiro atoms. The van der Waals surface area contributed by atoms with E-state index in [1.807, 2.05) is 0 Å². The number of fused-ring (bicyclic) bond motifs is 2. The first kappa shape index (κ1) is 24.0. The van der Waals surface area contributed by atoms with Gasteiger partial charge in [-0.1, -0.05) is 6.07 Å². The molecule has 0 saturated heterocycles. The van der Waals surface area contributed by atoms with E-state index in [-0.39, 0.29) is 34.2 Å². The number of benzene rings is 1. The summed E-state index contributed by atoms with van der Waals surface area (Å²) in [5, 5.41) is 3.04. The highest BCUT2D eigenvalue weighted by Crippen LogP contribution is 2.39. The molecule has 8 nitrogen and oxygen atoms in total. The summed E-state index contributed by atoms with van der Waals surface area (Å²) in [5.74, 6) is 0.364. The molecule has 0 fully saturated rings. The first-order valence-corrected chi connectivity index (χ1v) is 12.7. The molecule has 36 heavy (non-hydrogen) atoms. The van der Waals surface area contributed by atoms with E-state index in [2.05, 4.69) is 24.6 Å². The summed E-state index contributed by atoms with van der Waals surface area (Å²) >= 11 is 0. The molecule has 13 heteroatoms. The summed E-state index contributed by atoms with van der Waals surface area (Å²) in [6.07, 6.45) is 0.749. The number of rotatable bonds is 5. The van der Waals surface area contributed by atoms with Crippen LogP contribution in [0.3, 0.4) is 0 Å². The van der Waals surface area contributed by atoms with Crippen molar-refractivity contribution < 1.29 is 26.5 Å². The van der Waals surface area contributed by atoms with Gasteiger partial charge >= 0.3 is 6.18 Å². The van der Waals surface area contributed by atoms with Crippen molar-refractivity contribution in [2.75, 3.05) is 25.2 Å². The van der Waals surface area contributed by atoms with Crippen LogP contribution in [0.1, 0.15) is 16.8 Å². The van der Waals surface area contributed by atoms with Crippen LogP contribution in [0.5, 0.6) is 5.75 Å². The highest BCUT2D eigenvalue weighted by atomic mass is 32.2. The predicted molar refractivity (Wildman–Crippen MR) is 125 cm³/mol. The van der Waals surface area contributed by atoms with Gasteiger partial charge in [-0.2, -0.15) is 13.2 Å². The van der Waals surface area contributed by atoms with Crippen LogP contribution in [-0.2, 0) is 28.9 Å². The number of anilines is 1. The molecule has 1 aliphatic rings. The second-order valence-electron chi connectivity index (χ2n) is 8.10. The lowest BCUT2D eigenvalue weighted by molar-refractivity contribution is -0.140. The van der Waals surface area contributed by atoms with Gasteiger partial charge in [-0.15, -0.1) is 0 Å². The molecule has 1 N–H and O–H groups in total. The number of hydrogen-bond donors (Lipinski definition) is 1. The van der Waals surface area contributed by atoms with Crippen LogP contribution in [0, 0.1) is 5.82 Å². The van der Waals surface area contributed by atoms with E-state index in [0.29, 0.717) is 24.3 Å². The maximum atomic E-state index is 14.6. The van der Waals surface area contributed by atoms with Crippen molar-refractivity contribution in [1.82, 2.24) is 19.4 Å². The summed E-state index contributed by atoms with van der Waals surface area (Å²) < 4.78 is 79.9. The molecule has 0 radical (unpaired) electrons. The van der Waals surface area contributed by atoms with Gasteiger partial charge < -0.3 is 10.1 Å². The van der Waals surface area contributed by atoms with Crippen molar-refractivity contribution in [3.05, 3.63) is 65.6 Å². The highest BCUT2D eigenvalue weighted by molar-refractivity contribution is 7.93. The molecule has 0 amide bonds. The van der Waals surface area contributed by atoms with Gasteiger partial charge in [0.15, 0.2) is 10.7 Å². The average Bonchev–Trinajstić information content (AvgIpc) is 3.51. The molecule has 4 aromatic rings. The predicted octanol–water partition coefficient (Wildman–Crippen LogP) is 4.58. The summed E-state index contributed by atoms with van der Waals surface area (Å²) in [4.78, 5) is 12.1. The quantitative estimate of drug-likeness (QED) is 0.387. The van der Waals surface area contributed by atoms with Crippen molar-refractivity contribution in [3.63, 3.8) is 0 Å². The molecular weight excluding hydrogens is 500 g/mol.